The molecule has 0 saturated heterocycles. The summed E-state index contributed by atoms with van der Waals surface area (Å²) in [4.78, 5) is 12.5. The maximum atomic E-state index is 13.6. The van der Waals surface area contributed by atoms with Crippen molar-refractivity contribution in [1.29, 1.82) is 0 Å². The van der Waals surface area contributed by atoms with Crippen molar-refractivity contribution in [2.45, 2.75) is 39.5 Å². The van der Waals surface area contributed by atoms with Crippen LogP contribution in [0.3, 0.4) is 0 Å². The summed E-state index contributed by atoms with van der Waals surface area (Å²) >= 11 is 2.58. The highest BCUT2D eigenvalue weighted by atomic mass is 32.1. The maximum Gasteiger partial charge on any atom is 0.349 e. The van der Waals surface area contributed by atoms with Crippen molar-refractivity contribution < 1.29 is 13.9 Å². The Bertz CT molecular complexity index is 573. The molecule has 0 fully saturated rings. The average molecular weight is 314 g/mol. The highest BCUT2D eigenvalue weighted by Crippen LogP contribution is 2.33. The largest absolute Gasteiger partial charge is 0.461 e. The third-order valence-electron chi connectivity index (χ3n) is 3.46. The van der Waals surface area contributed by atoms with Gasteiger partial charge in [-0.15, -0.1) is 22.7 Å². The zero-order valence-electron chi connectivity index (χ0n) is 11.8. The smallest absolute Gasteiger partial charge is 0.349 e. The molecule has 110 valence electrons. The van der Waals surface area contributed by atoms with Crippen LogP contribution in [0.5, 0.6) is 0 Å². The number of carbonyl (C=O) groups excluding carboxylic acids is 1. The number of ether oxygens (including phenoxy) is 1. The van der Waals surface area contributed by atoms with Crippen LogP contribution in [0.4, 0.5) is 4.39 Å². The Morgan fingerprint density at radius 3 is 2.85 bits per heavy atom. The molecule has 0 aliphatic rings. The van der Waals surface area contributed by atoms with E-state index >= 15 is 0 Å². The molecular weight excluding hydrogens is 295 g/mol. The first-order chi connectivity index (χ1) is 9.67. The van der Waals surface area contributed by atoms with E-state index in [1.54, 1.807) is 0 Å². The second-order valence-corrected chi connectivity index (χ2v) is 6.69. The summed E-state index contributed by atoms with van der Waals surface area (Å²) in [6.45, 7) is 4.69. The van der Waals surface area contributed by atoms with Crippen molar-refractivity contribution in [2.24, 2.45) is 5.92 Å². The summed E-state index contributed by atoms with van der Waals surface area (Å²) < 4.78 is 19.8. The van der Waals surface area contributed by atoms with E-state index in [0.29, 0.717) is 22.8 Å². The molecule has 0 spiro atoms. The fraction of sp³-hybridized carbons (Fsp3) is 0.533. The Balaban J connectivity index is 1.99. The van der Waals surface area contributed by atoms with E-state index in [0.717, 1.165) is 30.4 Å². The number of fused-ring (bicyclic) bond motifs is 1. The van der Waals surface area contributed by atoms with Crippen molar-refractivity contribution in [3.63, 3.8) is 0 Å². The SMILES string of the molecule is CCCCC(CC)COC(=O)c1scc2scc(F)c12. The van der Waals surface area contributed by atoms with Gasteiger partial charge in [0.05, 0.1) is 12.0 Å². The van der Waals surface area contributed by atoms with Crippen molar-refractivity contribution in [2.75, 3.05) is 6.61 Å². The van der Waals surface area contributed by atoms with Crippen LogP contribution in [0.15, 0.2) is 10.8 Å². The van der Waals surface area contributed by atoms with Gasteiger partial charge in [0.1, 0.15) is 10.7 Å². The summed E-state index contributed by atoms with van der Waals surface area (Å²) in [7, 11) is 0. The van der Waals surface area contributed by atoms with Crippen LogP contribution < -0.4 is 0 Å². The number of hydrogen-bond acceptors (Lipinski definition) is 4. The van der Waals surface area contributed by atoms with Gasteiger partial charge in [-0.3, -0.25) is 0 Å². The van der Waals surface area contributed by atoms with Gasteiger partial charge in [-0.25, -0.2) is 9.18 Å². The van der Waals surface area contributed by atoms with Gasteiger partial charge in [0.2, 0.25) is 0 Å². The second-order valence-electron chi connectivity index (χ2n) is 4.90. The Morgan fingerprint density at radius 1 is 1.35 bits per heavy atom. The number of thiophene rings is 2. The lowest BCUT2D eigenvalue weighted by Gasteiger charge is -2.14. The first-order valence-electron chi connectivity index (χ1n) is 6.98. The molecule has 0 N–H and O–H groups in total. The van der Waals surface area contributed by atoms with Crippen LogP contribution in [0, 0.1) is 11.7 Å². The van der Waals surface area contributed by atoms with Crippen LogP contribution in [0.2, 0.25) is 0 Å². The molecule has 1 atom stereocenters. The minimum atomic E-state index is -0.391. The molecule has 5 heteroatoms. The predicted molar refractivity (Wildman–Crippen MR) is 83.2 cm³/mol. The summed E-state index contributed by atoms with van der Waals surface area (Å²) in [6.07, 6.45) is 4.38. The lowest BCUT2D eigenvalue weighted by Crippen LogP contribution is -2.13. The van der Waals surface area contributed by atoms with Crippen LogP contribution in [-0.4, -0.2) is 12.6 Å². The molecular formula is C15H19FO2S2. The molecule has 0 aliphatic carbocycles. The zero-order chi connectivity index (χ0) is 14.5. The Morgan fingerprint density at radius 2 is 2.15 bits per heavy atom. The second kappa shape index (κ2) is 7.18. The van der Waals surface area contributed by atoms with Gasteiger partial charge in [-0.1, -0.05) is 33.1 Å². The van der Waals surface area contributed by atoms with Crippen molar-refractivity contribution in [3.8, 4) is 0 Å². The number of esters is 1. The Kier molecular flexibility index (Phi) is 5.54. The lowest BCUT2D eigenvalue weighted by molar-refractivity contribution is 0.0435. The van der Waals surface area contributed by atoms with Crippen LogP contribution in [0.1, 0.15) is 49.2 Å². The summed E-state index contributed by atoms with van der Waals surface area (Å²) in [6, 6.07) is 0. The van der Waals surface area contributed by atoms with E-state index in [9.17, 15) is 9.18 Å². The molecule has 1 unspecified atom stereocenters. The highest BCUT2D eigenvalue weighted by Gasteiger charge is 2.19. The van der Waals surface area contributed by atoms with E-state index in [2.05, 4.69) is 13.8 Å². The fourth-order valence-corrected chi connectivity index (χ4v) is 4.06. The number of halogens is 1. The predicted octanol–water partition coefficient (Wildman–Crippen LogP) is 5.48. The Labute approximate surface area is 126 Å². The molecule has 0 amide bonds. The van der Waals surface area contributed by atoms with Gasteiger partial charge >= 0.3 is 5.97 Å². The number of rotatable bonds is 7. The van der Waals surface area contributed by atoms with Crippen LogP contribution in [0.25, 0.3) is 10.1 Å². The number of hydrogen-bond donors (Lipinski definition) is 0. The van der Waals surface area contributed by atoms with E-state index in [1.165, 1.54) is 28.1 Å². The van der Waals surface area contributed by atoms with Crippen molar-refractivity contribution >= 4 is 38.7 Å². The summed E-state index contributed by atoms with van der Waals surface area (Å²) in [5.74, 6) is -0.310. The van der Waals surface area contributed by atoms with E-state index < -0.39 is 5.97 Å². The first kappa shape index (κ1) is 15.4. The monoisotopic (exact) mass is 314 g/mol. The van der Waals surface area contributed by atoms with Crippen LogP contribution in [-0.2, 0) is 4.74 Å². The topological polar surface area (TPSA) is 26.3 Å². The minimum Gasteiger partial charge on any atom is -0.461 e. The zero-order valence-corrected chi connectivity index (χ0v) is 13.4. The number of carbonyl (C=O) groups is 1. The first-order valence-corrected chi connectivity index (χ1v) is 8.74. The van der Waals surface area contributed by atoms with Gasteiger partial charge in [0.25, 0.3) is 0 Å². The van der Waals surface area contributed by atoms with E-state index in [4.69, 9.17) is 4.74 Å². The van der Waals surface area contributed by atoms with E-state index in [-0.39, 0.29) is 5.82 Å². The minimum absolute atomic E-state index is 0.323. The average Bonchev–Trinajstić information content (AvgIpc) is 3.02. The molecule has 0 aromatic carbocycles. The van der Waals surface area contributed by atoms with Crippen molar-refractivity contribution in [3.05, 3.63) is 21.5 Å². The molecule has 0 bridgehead atoms. The molecule has 2 heterocycles. The van der Waals surface area contributed by atoms with Gasteiger partial charge in [0, 0.05) is 15.5 Å². The third kappa shape index (κ3) is 3.38. The van der Waals surface area contributed by atoms with E-state index in [1.807, 2.05) is 5.38 Å². The Hall–Kier alpha value is -0.940. The van der Waals surface area contributed by atoms with Crippen molar-refractivity contribution in [1.82, 2.24) is 0 Å². The molecule has 0 aliphatic heterocycles. The van der Waals surface area contributed by atoms with Gasteiger partial charge in [-0.05, 0) is 12.3 Å². The molecule has 20 heavy (non-hydrogen) atoms. The molecule has 2 nitrogen and oxygen atoms in total. The molecule has 0 saturated carbocycles. The van der Waals surface area contributed by atoms with Gasteiger partial charge in [0.15, 0.2) is 0 Å². The maximum absolute atomic E-state index is 13.6. The molecule has 0 radical (unpaired) electrons. The fourth-order valence-electron chi connectivity index (χ4n) is 2.14. The highest BCUT2D eigenvalue weighted by molar-refractivity contribution is 7.22. The lowest BCUT2D eigenvalue weighted by atomic mass is 10.0. The number of unbranched alkanes of at least 4 members (excludes halogenated alkanes) is 1. The standard InChI is InChI=1S/C15H19FO2S2/c1-3-5-6-10(4-2)7-18-15(17)14-13-11(16)8-19-12(13)9-20-14/h8-10H,3-7H2,1-2H3. The molecule has 2 aromatic rings. The summed E-state index contributed by atoms with van der Waals surface area (Å²) in [5.41, 5.74) is 0. The van der Waals surface area contributed by atoms with Gasteiger partial charge < -0.3 is 4.74 Å². The third-order valence-corrected chi connectivity index (χ3v) is 5.47. The van der Waals surface area contributed by atoms with Crippen LogP contribution >= 0.6 is 22.7 Å². The normalized spacial score (nSPS) is 12.8. The molecule has 2 aromatic heterocycles. The van der Waals surface area contributed by atoms with Gasteiger partial charge in [-0.2, -0.15) is 0 Å². The quantitative estimate of drug-likeness (QED) is 0.633. The molecule has 2 rings (SSSR count). The summed E-state index contributed by atoms with van der Waals surface area (Å²) in [5, 5.41) is 3.67.